The fraction of sp³-hybridized carbons (Fsp3) is 0.240. The zero-order valence-corrected chi connectivity index (χ0v) is 18.0. The quantitative estimate of drug-likeness (QED) is 0.463. The van der Waals surface area contributed by atoms with E-state index in [0.717, 1.165) is 6.07 Å². The lowest BCUT2D eigenvalue weighted by Crippen LogP contribution is -2.47. The van der Waals surface area contributed by atoms with Crippen LogP contribution in [0.1, 0.15) is 28.8 Å². The minimum Gasteiger partial charge on any atom is -0.305 e. The van der Waals surface area contributed by atoms with E-state index in [2.05, 4.69) is 0 Å². The smallest absolute Gasteiger partial charge is 0.258 e. The van der Waals surface area contributed by atoms with Gasteiger partial charge < -0.3 is 4.90 Å². The van der Waals surface area contributed by atoms with Crippen molar-refractivity contribution >= 4 is 23.2 Å². The maximum atomic E-state index is 14.0. The van der Waals surface area contributed by atoms with Gasteiger partial charge in [-0.1, -0.05) is 29.8 Å². The summed E-state index contributed by atoms with van der Waals surface area (Å²) in [6.07, 6.45) is 1.28. The molecule has 0 aliphatic carbocycles. The fourth-order valence-electron chi connectivity index (χ4n) is 4.10. The summed E-state index contributed by atoms with van der Waals surface area (Å²) in [4.78, 5) is 17.1. The van der Waals surface area contributed by atoms with Crippen LogP contribution >= 0.6 is 11.6 Å². The van der Waals surface area contributed by atoms with E-state index in [-0.39, 0.29) is 17.8 Å². The predicted octanol–water partition coefficient (Wildman–Crippen LogP) is 6.07. The van der Waals surface area contributed by atoms with Gasteiger partial charge in [0.15, 0.2) is 11.6 Å². The first kappa shape index (κ1) is 22.4. The summed E-state index contributed by atoms with van der Waals surface area (Å²) in [6.45, 7) is 1.53. The molecule has 0 N–H and O–H groups in total. The highest BCUT2D eigenvalue weighted by atomic mass is 35.5. The molecule has 1 saturated heterocycles. The number of piperidine rings is 1. The lowest BCUT2D eigenvalue weighted by atomic mass is 10.00. The molecule has 4 rings (SSSR count). The summed E-state index contributed by atoms with van der Waals surface area (Å²) < 4.78 is 41.1. The molecule has 1 fully saturated rings. The third-order valence-electron chi connectivity index (χ3n) is 5.74. The fourth-order valence-corrected chi connectivity index (χ4v) is 4.29. The van der Waals surface area contributed by atoms with Crippen molar-refractivity contribution in [1.82, 2.24) is 4.90 Å². The van der Waals surface area contributed by atoms with Gasteiger partial charge in [-0.15, -0.1) is 0 Å². The van der Waals surface area contributed by atoms with Gasteiger partial charge in [-0.3, -0.25) is 9.69 Å². The highest BCUT2D eigenvalue weighted by Gasteiger charge is 2.30. The molecule has 0 saturated carbocycles. The van der Waals surface area contributed by atoms with Crippen LogP contribution in [0.25, 0.3) is 0 Å². The van der Waals surface area contributed by atoms with Gasteiger partial charge in [0.2, 0.25) is 0 Å². The van der Waals surface area contributed by atoms with Crippen molar-refractivity contribution in [3.8, 4) is 0 Å². The Morgan fingerprint density at radius 2 is 1.66 bits per heavy atom. The summed E-state index contributed by atoms with van der Waals surface area (Å²) in [6, 6.07) is 16.6. The second kappa shape index (κ2) is 9.76. The van der Waals surface area contributed by atoms with Gasteiger partial charge in [-0.25, -0.2) is 13.2 Å². The Balaban J connectivity index is 1.53. The van der Waals surface area contributed by atoms with Gasteiger partial charge in [0.05, 0.1) is 0 Å². The number of halogens is 4. The molecule has 0 radical (unpaired) electrons. The molecule has 1 aliphatic heterocycles. The molecular formula is C25H22ClF3N2O. The van der Waals surface area contributed by atoms with Gasteiger partial charge in [0.1, 0.15) is 5.82 Å². The van der Waals surface area contributed by atoms with E-state index in [4.69, 9.17) is 11.6 Å². The van der Waals surface area contributed by atoms with Crippen LogP contribution in [0, 0.1) is 17.5 Å². The van der Waals surface area contributed by atoms with Crippen LogP contribution in [0.5, 0.6) is 0 Å². The van der Waals surface area contributed by atoms with Gasteiger partial charge in [-0.05, 0) is 61.4 Å². The average Bonchev–Trinajstić information content (AvgIpc) is 2.79. The Hall–Kier alpha value is -2.83. The number of carbonyl (C=O) groups excluding carboxylic acids is 1. The van der Waals surface area contributed by atoms with E-state index in [0.29, 0.717) is 54.3 Å². The van der Waals surface area contributed by atoms with Crippen LogP contribution in [0.2, 0.25) is 5.02 Å². The highest BCUT2D eigenvalue weighted by molar-refractivity contribution is 6.31. The van der Waals surface area contributed by atoms with Gasteiger partial charge >= 0.3 is 0 Å². The number of benzene rings is 3. The zero-order chi connectivity index (χ0) is 22.7. The summed E-state index contributed by atoms with van der Waals surface area (Å²) >= 11 is 6.08. The number of hydrogen-bond acceptors (Lipinski definition) is 2. The minimum absolute atomic E-state index is 0.124. The topological polar surface area (TPSA) is 23.6 Å². The lowest BCUT2D eigenvalue weighted by Gasteiger charge is -2.38. The molecule has 0 unspecified atom stereocenters. The zero-order valence-electron chi connectivity index (χ0n) is 17.3. The van der Waals surface area contributed by atoms with Crippen LogP contribution in [0.4, 0.5) is 18.9 Å². The Kier molecular flexibility index (Phi) is 6.82. The molecule has 32 heavy (non-hydrogen) atoms. The van der Waals surface area contributed by atoms with E-state index < -0.39 is 11.6 Å². The number of amides is 1. The molecule has 166 valence electrons. The normalized spacial score (nSPS) is 15.0. The molecule has 1 aliphatic rings. The molecule has 3 nitrogen and oxygen atoms in total. The van der Waals surface area contributed by atoms with Gasteiger partial charge in [-0.2, -0.15) is 0 Å². The average molecular weight is 459 g/mol. The lowest BCUT2D eigenvalue weighted by molar-refractivity contribution is 0.0958. The van der Waals surface area contributed by atoms with E-state index in [1.807, 2.05) is 4.90 Å². The Morgan fingerprint density at radius 3 is 2.34 bits per heavy atom. The van der Waals surface area contributed by atoms with Crippen LogP contribution in [-0.4, -0.2) is 29.9 Å². The van der Waals surface area contributed by atoms with Crippen LogP contribution in [-0.2, 0) is 6.54 Å². The van der Waals surface area contributed by atoms with Crippen LogP contribution in [0.15, 0.2) is 66.7 Å². The van der Waals surface area contributed by atoms with Crippen molar-refractivity contribution in [2.75, 3.05) is 18.0 Å². The first-order chi connectivity index (χ1) is 15.4. The van der Waals surface area contributed by atoms with Gasteiger partial charge in [0, 0.05) is 47.5 Å². The summed E-state index contributed by atoms with van der Waals surface area (Å²) in [5, 5.41) is 0.460. The van der Waals surface area contributed by atoms with Gasteiger partial charge in [0.25, 0.3) is 5.91 Å². The third-order valence-corrected chi connectivity index (χ3v) is 5.98. The standard InChI is InChI=1S/C25H22ClF3N2O/c26-19-5-1-3-17(15-19)25(32)31(21-9-7-20(27)8-10-21)22-11-13-30(14-12-22)16-18-4-2-6-23(28)24(18)29/h1-10,15,22H,11-14,16H2. The molecule has 1 amide bonds. The summed E-state index contributed by atoms with van der Waals surface area (Å²) in [5.41, 5.74) is 1.37. The third kappa shape index (κ3) is 4.97. The monoisotopic (exact) mass is 458 g/mol. The van der Waals surface area contributed by atoms with Crippen LogP contribution in [0.3, 0.4) is 0 Å². The maximum absolute atomic E-state index is 14.0. The maximum Gasteiger partial charge on any atom is 0.258 e. The molecule has 7 heteroatoms. The molecule has 0 spiro atoms. The molecule has 0 aromatic heterocycles. The molecule has 0 bridgehead atoms. The second-order valence-electron chi connectivity index (χ2n) is 7.88. The molecule has 3 aromatic rings. The number of rotatable bonds is 5. The second-order valence-corrected chi connectivity index (χ2v) is 8.32. The predicted molar refractivity (Wildman–Crippen MR) is 119 cm³/mol. The first-order valence-electron chi connectivity index (χ1n) is 10.4. The highest BCUT2D eigenvalue weighted by Crippen LogP contribution is 2.28. The Bertz CT molecular complexity index is 1100. The molecule has 3 aromatic carbocycles. The number of hydrogen-bond donors (Lipinski definition) is 0. The summed E-state index contributed by atoms with van der Waals surface area (Å²) in [5.74, 6) is -2.27. The number of likely N-dealkylation sites (tertiary alicyclic amines) is 1. The minimum atomic E-state index is -0.855. The molecule has 1 heterocycles. The summed E-state index contributed by atoms with van der Waals surface area (Å²) in [7, 11) is 0. The van der Waals surface area contributed by atoms with Crippen molar-refractivity contribution in [3.05, 3.63) is 100 Å². The van der Waals surface area contributed by atoms with Crippen molar-refractivity contribution in [2.45, 2.75) is 25.4 Å². The van der Waals surface area contributed by atoms with E-state index in [1.165, 1.54) is 18.2 Å². The van der Waals surface area contributed by atoms with Crippen molar-refractivity contribution in [1.29, 1.82) is 0 Å². The number of anilines is 1. The Morgan fingerprint density at radius 1 is 0.969 bits per heavy atom. The number of nitrogens with zero attached hydrogens (tertiary/aromatic N) is 2. The van der Waals surface area contributed by atoms with E-state index >= 15 is 0 Å². The van der Waals surface area contributed by atoms with Crippen molar-refractivity contribution < 1.29 is 18.0 Å². The van der Waals surface area contributed by atoms with E-state index in [9.17, 15) is 18.0 Å². The number of carbonyl (C=O) groups is 1. The first-order valence-corrected chi connectivity index (χ1v) is 10.8. The van der Waals surface area contributed by atoms with Crippen molar-refractivity contribution in [3.63, 3.8) is 0 Å². The SMILES string of the molecule is O=C(c1cccc(Cl)c1)N(c1ccc(F)cc1)C1CCN(Cc2cccc(F)c2F)CC1. The van der Waals surface area contributed by atoms with Crippen LogP contribution < -0.4 is 4.90 Å². The Labute approximate surface area is 190 Å². The molecule has 0 atom stereocenters. The van der Waals surface area contributed by atoms with E-state index in [1.54, 1.807) is 47.4 Å². The van der Waals surface area contributed by atoms with Crippen molar-refractivity contribution in [2.24, 2.45) is 0 Å². The largest absolute Gasteiger partial charge is 0.305 e. The molecular weight excluding hydrogens is 437 g/mol.